The minimum absolute atomic E-state index is 0.290. The van der Waals surface area contributed by atoms with Crippen LogP contribution in [0.1, 0.15) is 30.5 Å². The second-order valence-electron chi connectivity index (χ2n) is 7.99. The van der Waals surface area contributed by atoms with E-state index >= 15 is 0 Å². The van der Waals surface area contributed by atoms with E-state index in [0.29, 0.717) is 0 Å². The predicted molar refractivity (Wildman–Crippen MR) is 112 cm³/mol. The zero-order chi connectivity index (χ0) is 19.0. The number of likely N-dealkylation sites (N-methyl/N-ethyl adjacent to an activating group) is 1. The lowest BCUT2D eigenvalue weighted by Crippen LogP contribution is -2.58. The van der Waals surface area contributed by atoms with Crippen molar-refractivity contribution in [3.63, 3.8) is 0 Å². The highest BCUT2D eigenvalue weighted by atomic mass is 35.5. The third-order valence-electron chi connectivity index (χ3n) is 6.22. The molecular formula is C23H21ClN2O. The van der Waals surface area contributed by atoms with Crippen molar-refractivity contribution >= 4 is 34.3 Å². The molecule has 2 aromatic carbocycles. The van der Waals surface area contributed by atoms with Crippen molar-refractivity contribution in [1.82, 2.24) is 4.98 Å². The normalized spacial score (nSPS) is 22.0. The third kappa shape index (κ3) is 2.01. The molecule has 27 heavy (non-hydrogen) atoms. The molecule has 0 amide bonds. The second-order valence-corrected chi connectivity index (χ2v) is 8.43. The molecule has 4 heteroatoms. The van der Waals surface area contributed by atoms with Crippen molar-refractivity contribution in [3.05, 3.63) is 70.4 Å². The molecule has 0 fully saturated rings. The van der Waals surface area contributed by atoms with Gasteiger partial charge in [0.15, 0.2) is 5.75 Å². The van der Waals surface area contributed by atoms with Crippen LogP contribution in [0.2, 0.25) is 5.02 Å². The largest absolute Gasteiger partial charge is 0.460 e. The number of pyridine rings is 1. The van der Waals surface area contributed by atoms with Gasteiger partial charge in [-0.2, -0.15) is 0 Å². The van der Waals surface area contributed by atoms with Crippen LogP contribution in [0.4, 0.5) is 5.69 Å². The molecule has 0 aliphatic carbocycles. The maximum atomic E-state index is 6.83. The summed E-state index contributed by atoms with van der Waals surface area (Å²) >= 11 is 6.31. The Morgan fingerprint density at radius 2 is 1.96 bits per heavy atom. The maximum Gasteiger partial charge on any atom is 0.211 e. The van der Waals surface area contributed by atoms with Crippen LogP contribution >= 0.6 is 11.6 Å². The molecule has 1 atom stereocenters. The highest BCUT2D eigenvalue weighted by molar-refractivity contribution is 6.30. The Labute approximate surface area is 164 Å². The van der Waals surface area contributed by atoms with E-state index in [4.69, 9.17) is 16.3 Å². The standard InChI is InChI=1S/C23H21ClN2O/c1-14-12-15-9-10-23(27-21(15)20-17(14)6-5-11-25-20)22(2,3)18-13-16(24)7-8-19(18)26(23)4/h5-13H,1-4H3. The summed E-state index contributed by atoms with van der Waals surface area (Å²) in [6, 6.07) is 12.3. The molecular weight excluding hydrogens is 356 g/mol. The fourth-order valence-electron chi connectivity index (χ4n) is 4.65. The minimum atomic E-state index is -0.632. The van der Waals surface area contributed by atoms with Crippen LogP contribution in [0.5, 0.6) is 5.75 Å². The Hall–Kier alpha value is -2.52. The summed E-state index contributed by atoms with van der Waals surface area (Å²) in [5.41, 5.74) is 4.60. The number of benzene rings is 2. The van der Waals surface area contributed by atoms with Gasteiger partial charge in [0.05, 0.1) is 5.41 Å². The number of anilines is 1. The van der Waals surface area contributed by atoms with Gasteiger partial charge in [-0.25, -0.2) is 0 Å². The Bertz CT molecular complexity index is 1130. The van der Waals surface area contributed by atoms with Crippen LogP contribution in [0, 0.1) is 6.92 Å². The Balaban J connectivity index is 1.76. The fourth-order valence-corrected chi connectivity index (χ4v) is 4.82. The van der Waals surface area contributed by atoms with Crippen molar-refractivity contribution in [2.75, 3.05) is 11.9 Å². The summed E-state index contributed by atoms with van der Waals surface area (Å²) in [5, 5.41) is 1.87. The number of halogens is 1. The van der Waals surface area contributed by atoms with Crippen LogP contribution in [0.3, 0.4) is 0 Å². The number of fused-ring (bicyclic) bond motifs is 4. The lowest BCUT2D eigenvalue weighted by atomic mass is 9.76. The summed E-state index contributed by atoms with van der Waals surface area (Å²) < 4.78 is 6.83. The number of nitrogens with zero attached hydrogens (tertiary/aromatic N) is 2. The number of rotatable bonds is 0. The quantitative estimate of drug-likeness (QED) is 0.501. The van der Waals surface area contributed by atoms with Gasteiger partial charge < -0.3 is 9.64 Å². The monoisotopic (exact) mass is 376 g/mol. The Kier molecular flexibility index (Phi) is 3.24. The molecule has 5 rings (SSSR count). The lowest BCUT2D eigenvalue weighted by molar-refractivity contribution is 0.0596. The van der Waals surface area contributed by atoms with Crippen molar-refractivity contribution < 1.29 is 4.74 Å². The zero-order valence-electron chi connectivity index (χ0n) is 15.9. The lowest BCUT2D eigenvalue weighted by Gasteiger charge is -2.46. The van der Waals surface area contributed by atoms with Crippen molar-refractivity contribution in [1.29, 1.82) is 0 Å². The first-order valence-corrected chi connectivity index (χ1v) is 9.53. The average molecular weight is 377 g/mol. The summed E-state index contributed by atoms with van der Waals surface area (Å²) in [4.78, 5) is 6.86. The van der Waals surface area contributed by atoms with E-state index in [2.05, 4.69) is 74.1 Å². The first-order chi connectivity index (χ1) is 12.8. The summed E-state index contributed by atoms with van der Waals surface area (Å²) in [5.74, 6) is 0.845. The molecule has 1 unspecified atom stereocenters. The maximum absolute atomic E-state index is 6.83. The molecule has 136 valence electrons. The zero-order valence-corrected chi connectivity index (χ0v) is 16.6. The molecule has 0 saturated carbocycles. The topological polar surface area (TPSA) is 25.4 Å². The van der Waals surface area contributed by atoms with Gasteiger partial charge in [-0.15, -0.1) is 0 Å². The molecule has 2 aliphatic rings. The van der Waals surface area contributed by atoms with Crippen LogP contribution < -0.4 is 9.64 Å². The van der Waals surface area contributed by atoms with Crippen molar-refractivity contribution in [2.45, 2.75) is 31.9 Å². The van der Waals surface area contributed by atoms with Gasteiger partial charge in [-0.1, -0.05) is 17.7 Å². The van der Waals surface area contributed by atoms with Crippen molar-refractivity contribution in [3.8, 4) is 5.75 Å². The molecule has 0 saturated heterocycles. The van der Waals surface area contributed by atoms with E-state index in [1.165, 1.54) is 11.1 Å². The van der Waals surface area contributed by atoms with Crippen LogP contribution in [0.15, 0.2) is 48.7 Å². The van der Waals surface area contributed by atoms with Gasteiger partial charge in [-0.3, -0.25) is 4.98 Å². The Morgan fingerprint density at radius 3 is 2.78 bits per heavy atom. The molecule has 0 radical (unpaired) electrons. The highest BCUT2D eigenvalue weighted by Gasteiger charge is 2.57. The summed E-state index contributed by atoms with van der Waals surface area (Å²) in [7, 11) is 2.08. The first kappa shape index (κ1) is 16.6. The average Bonchev–Trinajstić information content (AvgIpc) is 2.81. The summed E-state index contributed by atoms with van der Waals surface area (Å²) in [6.45, 7) is 6.54. The van der Waals surface area contributed by atoms with Gasteiger partial charge in [0.1, 0.15) is 5.52 Å². The van der Waals surface area contributed by atoms with Gasteiger partial charge in [0.25, 0.3) is 0 Å². The number of aromatic nitrogens is 1. The van der Waals surface area contributed by atoms with Gasteiger partial charge in [0.2, 0.25) is 5.72 Å². The number of hydrogen-bond donors (Lipinski definition) is 0. The van der Waals surface area contributed by atoms with Gasteiger partial charge >= 0.3 is 0 Å². The molecule has 1 spiro atoms. The molecule has 3 nitrogen and oxygen atoms in total. The smallest absolute Gasteiger partial charge is 0.211 e. The molecule has 1 aromatic heterocycles. The van der Waals surface area contributed by atoms with Gasteiger partial charge in [0, 0.05) is 34.9 Å². The fraction of sp³-hybridized carbons (Fsp3) is 0.261. The van der Waals surface area contributed by atoms with E-state index in [1.807, 2.05) is 18.3 Å². The van der Waals surface area contributed by atoms with E-state index in [0.717, 1.165) is 32.9 Å². The van der Waals surface area contributed by atoms with E-state index in [9.17, 15) is 0 Å². The van der Waals surface area contributed by atoms with Crippen LogP contribution in [-0.2, 0) is 5.41 Å². The molecule has 0 N–H and O–H groups in total. The third-order valence-corrected chi connectivity index (χ3v) is 6.45. The molecule has 0 bridgehead atoms. The number of aryl methyl sites for hydroxylation is 1. The molecule has 2 aliphatic heterocycles. The van der Waals surface area contributed by atoms with Crippen molar-refractivity contribution in [2.24, 2.45) is 0 Å². The van der Waals surface area contributed by atoms with E-state index in [1.54, 1.807) is 0 Å². The van der Waals surface area contributed by atoms with Gasteiger partial charge in [-0.05, 0) is 74.4 Å². The Morgan fingerprint density at radius 1 is 1.15 bits per heavy atom. The predicted octanol–water partition coefficient (Wildman–Crippen LogP) is 5.73. The summed E-state index contributed by atoms with van der Waals surface area (Å²) in [6.07, 6.45) is 6.18. The number of ether oxygens (including phenoxy) is 1. The van der Waals surface area contributed by atoms with E-state index < -0.39 is 5.72 Å². The first-order valence-electron chi connectivity index (χ1n) is 9.15. The van der Waals surface area contributed by atoms with Crippen LogP contribution in [0.25, 0.3) is 17.0 Å². The molecule has 3 aromatic rings. The molecule has 3 heterocycles. The second kappa shape index (κ2) is 5.26. The highest BCUT2D eigenvalue weighted by Crippen LogP contribution is 2.55. The number of hydrogen-bond acceptors (Lipinski definition) is 3. The van der Waals surface area contributed by atoms with E-state index in [-0.39, 0.29) is 5.41 Å². The SMILES string of the molecule is Cc1cc2c(c3ncccc13)OC1(C=C2)N(C)c2ccc(Cl)cc2C1(C)C. The van der Waals surface area contributed by atoms with Crippen LogP contribution in [-0.4, -0.2) is 17.8 Å². The minimum Gasteiger partial charge on any atom is -0.460 e.